The minimum Gasteiger partial charge on any atom is -0.399 e. The Morgan fingerprint density at radius 3 is 2.61 bits per heavy atom. The SMILES string of the molecule is CN(C)C1CCN(C(=O)Cc2ccc(N)cc2)C1. The Labute approximate surface area is 108 Å². The number of rotatable bonds is 3. The maximum absolute atomic E-state index is 12.1. The Bertz CT molecular complexity index is 414. The highest BCUT2D eigenvalue weighted by Gasteiger charge is 2.27. The summed E-state index contributed by atoms with van der Waals surface area (Å²) in [5.41, 5.74) is 7.40. The van der Waals surface area contributed by atoms with Gasteiger partial charge in [-0.05, 0) is 38.2 Å². The van der Waals surface area contributed by atoms with Crippen molar-refractivity contribution in [1.82, 2.24) is 9.80 Å². The molecule has 2 rings (SSSR count). The van der Waals surface area contributed by atoms with E-state index >= 15 is 0 Å². The van der Waals surface area contributed by atoms with Crippen LogP contribution in [-0.4, -0.2) is 48.9 Å². The Morgan fingerprint density at radius 1 is 1.39 bits per heavy atom. The number of amides is 1. The summed E-state index contributed by atoms with van der Waals surface area (Å²) in [6.45, 7) is 1.72. The Kier molecular flexibility index (Phi) is 3.87. The molecule has 98 valence electrons. The number of carbonyl (C=O) groups excluding carboxylic acids is 1. The van der Waals surface area contributed by atoms with Crippen LogP contribution in [0.15, 0.2) is 24.3 Å². The van der Waals surface area contributed by atoms with Crippen LogP contribution in [0.5, 0.6) is 0 Å². The maximum Gasteiger partial charge on any atom is 0.227 e. The van der Waals surface area contributed by atoms with Crippen LogP contribution < -0.4 is 5.73 Å². The van der Waals surface area contributed by atoms with Crippen molar-refractivity contribution in [1.29, 1.82) is 0 Å². The number of nitrogen functional groups attached to an aromatic ring is 1. The van der Waals surface area contributed by atoms with E-state index in [1.54, 1.807) is 0 Å². The number of nitrogens with zero attached hydrogens (tertiary/aromatic N) is 2. The van der Waals surface area contributed by atoms with E-state index in [1.165, 1.54) is 0 Å². The predicted octanol–water partition coefficient (Wildman–Crippen LogP) is 0.974. The van der Waals surface area contributed by atoms with Gasteiger partial charge in [0.2, 0.25) is 5.91 Å². The molecule has 0 bridgehead atoms. The zero-order chi connectivity index (χ0) is 13.1. The van der Waals surface area contributed by atoms with Gasteiger partial charge in [0.05, 0.1) is 6.42 Å². The van der Waals surface area contributed by atoms with E-state index in [0.717, 1.165) is 30.8 Å². The number of anilines is 1. The monoisotopic (exact) mass is 247 g/mol. The molecule has 18 heavy (non-hydrogen) atoms. The van der Waals surface area contributed by atoms with Gasteiger partial charge < -0.3 is 15.5 Å². The fourth-order valence-electron chi connectivity index (χ4n) is 2.31. The van der Waals surface area contributed by atoms with Crippen LogP contribution in [0.4, 0.5) is 5.69 Å². The summed E-state index contributed by atoms with van der Waals surface area (Å²) in [4.78, 5) is 16.3. The van der Waals surface area contributed by atoms with Crippen molar-refractivity contribution in [2.45, 2.75) is 18.9 Å². The summed E-state index contributed by atoms with van der Waals surface area (Å²) >= 11 is 0. The molecule has 1 heterocycles. The zero-order valence-electron chi connectivity index (χ0n) is 11.1. The van der Waals surface area contributed by atoms with E-state index in [2.05, 4.69) is 19.0 Å². The third kappa shape index (κ3) is 3.01. The Hall–Kier alpha value is -1.55. The van der Waals surface area contributed by atoms with Gasteiger partial charge in [0.25, 0.3) is 0 Å². The van der Waals surface area contributed by atoms with Crippen molar-refractivity contribution >= 4 is 11.6 Å². The summed E-state index contributed by atoms with van der Waals surface area (Å²) < 4.78 is 0. The highest BCUT2D eigenvalue weighted by Crippen LogP contribution is 2.15. The van der Waals surface area contributed by atoms with Gasteiger partial charge in [-0.2, -0.15) is 0 Å². The molecule has 1 aliphatic heterocycles. The van der Waals surface area contributed by atoms with Crippen LogP contribution in [0, 0.1) is 0 Å². The Balaban J connectivity index is 1.91. The molecule has 1 saturated heterocycles. The van der Waals surface area contributed by atoms with Crippen molar-refractivity contribution in [2.75, 3.05) is 32.9 Å². The summed E-state index contributed by atoms with van der Waals surface area (Å²) in [5.74, 6) is 0.212. The van der Waals surface area contributed by atoms with Gasteiger partial charge in [-0.1, -0.05) is 12.1 Å². The largest absolute Gasteiger partial charge is 0.399 e. The summed E-state index contributed by atoms with van der Waals surface area (Å²) in [6, 6.07) is 8.03. The molecule has 1 amide bonds. The second-order valence-corrected chi connectivity index (χ2v) is 5.16. The molecule has 1 aromatic rings. The Morgan fingerprint density at radius 2 is 2.06 bits per heavy atom. The highest BCUT2D eigenvalue weighted by molar-refractivity contribution is 5.79. The van der Waals surface area contributed by atoms with E-state index < -0.39 is 0 Å². The molecule has 1 unspecified atom stereocenters. The minimum absolute atomic E-state index is 0.212. The van der Waals surface area contributed by atoms with Crippen molar-refractivity contribution in [3.8, 4) is 0 Å². The number of likely N-dealkylation sites (tertiary alicyclic amines) is 1. The van der Waals surface area contributed by atoms with Gasteiger partial charge in [-0.15, -0.1) is 0 Å². The molecule has 0 saturated carbocycles. The van der Waals surface area contributed by atoms with Crippen LogP contribution in [-0.2, 0) is 11.2 Å². The number of likely N-dealkylation sites (N-methyl/N-ethyl adjacent to an activating group) is 1. The van der Waals surface area contributed by atoms with Gasteiger partial charge in [-0.3, -0.25) is 4.79 Å². The first-order valence-corrected chi connectivity index (χ1v) is 6.35. The van der Waals surface area contributed by atoms with E-state index in [4.69, 9.17) is 5.73 Å². The molecule has 1 fully saturated rings. The number of hydrogen-bond donors (Lipinski definition) is 1. The van der Waals surface area contributed by atoms with Crippen LogP contribution in [0.2, 0.25) is 0 Å². The molecule has 4 heteroatoms. The quantitative estimate of drug-likeness (QED) is 0.810. The van der Waals surface area contributed by atoms with E-state index in [1.807, 2.05) is 29.2 Å². The number of benzene rings is 1. The molecule has 2 N–H and O–H groups in total. The van der Waals surface area contributed by atoms with Crippen molar-refractivity contribution in [2.24, 2.45) is 0 Å². The maximum atomic E-state index is 12.1. The second kappa shape index (κ2) is 5.40. The molecule has 0 spiro atoms. The fourth-order valence-corrected chi connectivity index (χ4v) is 2.31. The smallest absolute Gasteiger partial charge is 0.227 e. The highest BCUT2D eigenvalue weighted by atomic mass is 16.2. The fraction of sp³-hybridized carbons (Fsp3) is 0.500. The predicted molar refractivity (Wildman–Crippen MR) is 73.2 cm³/mol. The van der Waals surface area contributed by atoms with Crippen LogP contribution in [0.25, 0.3) is 0 Å². The minimum atomic E-state index is 0.212. The standard InChI is InChI=1S/C14H21N3O/c1-16(2)13-7-8-17(10-13)14(18)9-11-3-5-12(15)6-4-11/h3-6,13H,7-10,15H2,1-2H3. The lowest BCUT2D eigenvalue weighted by atomic mass is 10.1. The average molecular weight is 247 g/mol. The molecule has 1 atom stereocenters. The van der Waals surface area contributed by atoms with Gasteiger partial charge >= 0.3 is 0 Å². The first-order valence-electron chi connectivity index (χ1n) is 6.35. The molecular formula is C14H21N3O. The van der Waals surface area contributed by atoms with Gasteiger partial charge in [0.1, 0.15) is 0 Å². The zero-order valence-corrected chi connectivity index (χ0v) is 11.1. The average Bonchev–Trinajstić information content (AvgIpc) is 2.81. The molecule has 0 aliphatic carbocycles. The third-order valence-electron chi connectivity index (χ3n) is 3.58. The van der Waals surface area contributed by atoms with Gasteiger partial charge in [0.15, 0.2) is 0 Å². The number of nitrogens with two attached hydrogens (primary N) is 1. The molecular weight excluding hydrogens is 226 g/mol. The molecule has 4 nitrogen and oxygen atoms in total. The van der Waals surface area contributed by atoms with E-state index in [0.29, 0.717) is 12.5 Å². The topological polar surface area (TPSA) is 49.6 Å². The summed E-state index contributed by atoms with van der Waals surface area (Å²) in [7, 11) is 4.14. The normalized spacial score (nSPS) is 19.5. The van der Waals surface area contributed by atoms with E-state index in [9.17, 15) is 4.79 Å². The lowest BCUT2D eigenvalue weighted by Gasteiger charge is -2.20. The summed E-state index contributed by atoms with van der Waals surface area (Å²) in [6.07, 6.45) is 1.54. The third-order valence-corrected chi connectivity index (χ3v) is 3.58. The first kappa shape index (κ1) is 12.9. The lowest BCUT2D eigenvalue weighted by Crippen LogP contribution is -2.35. The number of carbonyl (C=O) groups is 1. The van der Waals surface area contributed by atoms with Crippen molar-refractivity contribution in [3.05, 3.63) is 29.8 Å². The number of hydrogen-bond acceptors (Lipinski definition) is 3. The second-order valence-electron chi connectivity index (χ2n) is 5.16. The van der Waals surface area contributed by atoms with Crippen molar-refractivity contribution in [3.63, 3.8) is 0 Å². The van der Waals surface area contributed by atoms with Crippen molar-refractivity contribution < 1.29 is 4.79 Å². The lowest BCUT2D eigenvalue weighted by molar-refractivity contribution is -0.129. The van der Waals surface area contributed by atoms with Crippen LogP contribution >= 0.6 is 0 Å². The first-order chi connectivity index (χ1) is 8.56. The molecule has 0 radical (unpaired) electrons. The molecule has 0 aromatic heterocycles. The van der Waals surface area contributed by atoms with E-state index in [-0.39, 0.29) is 5.91 Å². The van der Waals surface area contributed by atoms with Crippen LogP contribution in [0.3, 0.4) is 0 Å². The molecule has 1 aromatic carbocycles. The van der Waals surface area contributed by atoms with Gasteiger partial charge in [-0.25, -0.2) is 0 Å². The van der Waals surface area contributed by atoms with Gasteiger partial charge in [0, 0.05) is 24.8 Å². The summed E-state index contributed by atoms with van der Waals surface area (Å²) in [5, 5.41) is 0. The molecule has 1 aliphatic rings. The van der Waals surface area contributed by atoms with Crippen LogP contribution in [0.1, 0.15) is 12.0 Å².